The lowest BCUT2D eigenvalue weighted by atomic mass is 9.80. The van der Waals surface area contributed by atoms with Crippen molar-refractivity contribution in [2.45, 2.75) is 38.7 Å². The predicted octanol–water partition coefficient (Wildman–Crippen LogP) is 2.32. The number of hydrogen-bond donors (Lipinski definition) is 1. The molecule has 1 amide bonds. The fraction of sp³-hybridized carbons (Fsp3) is 0.545. The number of esters is 3. The van der Waals surface area contributed by atoms with E-state index >= 15 is 0 Å². The topological polar surface area (TPSA) is 108 Å². The highest BCUT2D eigenvalue weighted by Crippen LogP contribution is 2.57. The highest BCUT2D eigenvalue weighted by atomic mass is 16.6. The van der Waals surface area contributed by atoms with Crippen LogP contribution in [0.1, 0.15) is 43.0 Å². The Morgan fingerprint density at radius 2 is 1.90 bits per heavy atom. The van der Waals surface area contributed by atoms with Gasteiger partial charge in [-0.25, -0.2) is 4.79 Å². The molecular weight excluding hydrogens is 390 g/mol. The van der Waals surface area contributed by atoms with Crippen molar-refractivity contribution in [1.82, 2.24) is 0 Å². The summed E-state index contributed by atoms with van der Waals surface area (Å²) in [5.74, 6) is -2.45. The first-order chi connectivity index (χ1) is 14.5. The van der Waals surface area contributed by atoms with Crippen LogP contribution >= 0.6 is 0 Å². The molecule has 4 rings (SSSR count). The lowest BCUT2D eigenvalue weighted by molar-refractivity contribution is -0.157. The fourth-order valence-corrected chi connectivity index (χ4v) is 4.84. The quantitative estimate of drug-likeness (QED) is 0.394. The van der Waals surface area contributed by atoms with Crippen molar-refractivity contribution in [2.24, 2.45) is 23.7 Å². The van der Waals surface area contributed by atoms with E-state index in [0.29, 0.717) is 24.3 Å². The standard InChI is InChI=1S/C22H25NO7/c1-2-3-8-28-20(25)12-4-6-14(7-5-12)23-17(24)11-29-21(26)18-13-9-15-16(10-13)30-22(27)19(15)18/h4-7,13,15-16,18-19H,2-3,8-11H2,1H3,(H,23,24)/t13-,15+,16-,18-,19+/m1/s1. The van der Waals surface area contributed by atoms with Gasteiger partial charge in [-0.2, -0.15) is 0 Å². The van der Waals surface area contributed by atoms with E-state index in [1.165, 1.54) is 0 Å². The average molecular weight is 415 g/mol. The van der Waals surface area contributed by atoms with Crippen LogP contribution in [0.4, 0.5) is 5.69 Å². The maximum absolute atomic E-state index is 12.5. The SMILES string of the molecule is CCCCOC(=O)c1ccc(NC(=O)COC(=O)[C@@H]2[C@@H]3C[C@@H]4[C@@H]2C(=O)O[C@@H]4C3)cc1. The van der Waals surface area contributed by atoms with Crippen molar-refractivity contribution in [3.05, 3.63) is 29.8 Å². The van der Waals surface area contributed by atoms with Crippen LogP contribution in [0.3, 0.4) is 0 Å². The lowest BCUT2D eigenvalue weighted by Crippen LogP contribution is -2.34. The molecule has 0 aromatic heterocycles. The summed E-state index contributed by atoms with van der Waals surface area (Å²) < 4.78 is 15.7. The van der Waals surface area contributed by atoms with Crippen LogP contribution in [0.2, 0.25) is 0 Å². The minimum Gasteiger partial charge on any atom is -0.462 e. The number of fused-ring (bicyclic) bond motifs is 1. The summed E-state index contributed by atoms with van der Waals surface area (Å²) >= 11 is 0. The summed E-state index contributed by atoms with van der Waals surface area (Å²) in [5, 5.41) is 2.62. The molecule has 1 heterocycles. The molecule has 1 saturated heterocycles. The van der Waals surface area contributed by atoms with Crippen LogP contribution in [0.25, 0.3) is 0 Å². The average Bonchev–Trinajstić information content (AvgIpc) is 3.35. The van der Waals surface area contributed by atoms with E-state index < -0.39 is 36.3 Å². The first-order valence-electron chi connectivity index (χ1n) is 10.4. The first-order valence-corrected chi connectivity index (χ1v) is 10.4. The molecule has 5 atom stereocenters. The van der Waals surface area contributed by atoms with E-state index in [1.807, 2.05) is 6.92 Å². The second-order valence-corrected chi connectivity index (χ2v) is 8.14. The molecule has 160 valence electrons. The number of benzene rings is 1. The number of anilines is 1. The van der Waals surface area contributed by atoms with Gasteiger partial charge in [0.15, 0.2) is 6.61 Å². The van der Waals surface area contributed by atoms with E-state index in [2.05, 4.69) is 5.32 Å². The van der Waals surface area contributed by atoms with Gasteiger partial charge in [0.05, 0.1) is 24.0 Å². The predicted molar refractivity (Wildman–Crippen MR) is 104 cm³/mol. The Bertz CT molecular complexity index is 848. The fourth-order valence-electron chi connectivity index (χ4n) is 4.84. The maximum atomic E-state index is 12.5. The normalized spacial score (nSPS) is 28.2. The Labute approximate surface area is 174 Å². The third-order valence-electron chi connectivity index (χ3n) is 6.24. The van der Waals surface area contributed by atoms with E-state index in [-0.39, 0.29) is 23.9 Å². The molecule has 2 aliphatic carbocycles. The molecule has 2 saturated carbocycles. The summed E-state index contributed by atoms with van der Waals surface area (Å²) in [5.41, 5.74) is 0.872. The third-order valence-corrected chi connectivity index (χ3v) is 6.24. The summed E-state index contributed by atoms with van der Waals surface area (Å²) in [7, 11) is 0. The van der Waals surface area contributed by atoms with Gasteiger partial charge in [0.25, 0.3) is 5.91 Å². The molecule has 8 nitrogen and oxygen atoms in total. The number of carbonyl (C=O) groups excluding carboxylic acids is 4. The summed E-state index contributed by atoms with van der Waals surface area (Å²) in [6, 6.07) is 6.29. The maximum Gasteiger partial charge on any atom is 0.338 e. The van der Waals surface area contributed by atoms with Crippen LogP contribution in [-0.4, -0.2) is 43.1 Å². The van der Waals surface area contributed by atoms with E-state index in [9.17, 15) is 19.2 Å². The molecule has 2 bridgehead atoms. The molecule has 0 unspecified atom stereocenters. The number of hydrogen-bond acceptors (Lipinski definition) is 7. The van der Waals surface area contributed by atoms with Crippen molar-refractivity contribution in [1.29, 1.82) is 0 Å². The number of nitrogens with one attached hydrogen (secondary N) is 1. The number of rotatable bonds is 8. The molecule has 0 spiro atoms. The Kier molecular flexibility index (Phi) is 5.74. The molecule has 1 aromatic carbocycles. The molecule has 8 heteroatoms. The smallest absolute Gasteiger partial charge is 0.338 e. The molecule has 3 fully saturated rings. The van der Waals surface area contributed by atoms with Crippen molar-refractivity contribution < 1.29 is 33.4 Å². The van der Waals surface area contributed by atoms with Crippen molar-refractivity contribution in [3.8, 4) is 0 Å². The molecule has 0 radical (unpaired) electrons. The van der Waals surface area contributed by atoms with Crippen LogP contribution < -0.4 is 5.32 Å². The third kappa shape index (κ3) is 3.91. The number of carbonyl (C=O) groups is 4. The van der Waals surface area contributed by atoms with Gasteiger partial charge in [-0.3, -0.25) is 14.4 Å². The van der Waals surface area contributed by atoms with Gasteiger partial charge >= 0.3 is 17.9 Å². The Balaban J connectivity index is 1.25. The zero-order chi connectivity index (χ0) is 21.3. The lowest BCUT2D eigenvalue weighted by Gasteiger charge is -2.22. The van der Waals surface area contributed by atoms with Gasteiger partial charge in [-0.05, 0) is 49.4 Å². The van der Waals surface area contributed by atoms with Crippen molar-refractivity contribution in [2.75, 3.05) is 18.5 Å². The Morgan fingerprint density at radius 3 is 2.63 bits per heavy atom. The monoisotopic (exact) mass is 415 g/mol. The van der Waals surface area contributed by atoms with Crippen molar-refractivity contribution in [3.63, 3.8) is 0 Å². The summed E-state index contributed by atoms with van der Waals surface area (Å²) in [4.78, 5) is 48.5. The van der Waals surface area contributed by atoms with Gasteiger partial charge in [-0.1, -0.05) is 13.3 Å². The zero-order valence-electron chi connectivity index (χ0n) is 16.8. The summed E-state index contributed by atoms with van der Waals surface area (Å²) in [6.45, 7) is 1.96. The minimum absolute atomic E-state index is 0.0493. The largest absolute Gasteiger partial charge is 0.462 e. The van der Waals surface area contributed by atoms with Gasteiger partial charge < -0.3 is 19.5 Å². The second-order valence-electron chi connectivity index (χ2n) is 8.14. The zero-order valence-corrected chi connectivity index (χ0v) is 16.8. The summed E-state index contributed by atoms with van der Waals surface area (Å²) in [6.07, 6.45) is 3.21. The first kappa shape index (κ1) is 20.4. The molecule has 1 aromatic rings. The molecule has 3 aliphatic rings. The van der Waals surface area contributed by atoms with E-state index in [0.717, 1.165) is 19.3 Å². The second kappa shape index (κ2) is 8.45. The molecule has 1 aliphatic heterocycles. The minimum atomic E-state index is -0.509. The van der Waals surface area contributed by atoms with Crippen LogP contribution in [-0.2, 0) is 28.6 Å². The highest BCUT2D eigenvalue weighted by molar-refractivity contribution is 5.95. The van der Waals surface area contributed by atoms with Gasteiger partial charge in [-0.15, -0.1) is 0 Å². The van der Waals surface area contributed by atoms with E-state index in [4.69, 9.17) is 14.2 Å². The molecule has 1 N–H and O–H groups in total. The van der Waals surface area contributed by atoms with Gasteiger partial charge in [0, 0.05) is 11.6 Å². The molecule has 30 heavy (non-hydrogen) atoms. The van der Waals surface area contributed by atoms with Gasteiger partial charge in [0.2, 0.25) is 0 Å². The van der Waals surface area contributed by atoms with Crippen LogP contribution in [0, 0.1) is 23.7 Å². The number of unbranched alkanes of at least 4 members (excludes halogenated alkanes) is 1. The Morgan fingerprint density at radius 1 is 1.13 bits per heavy atom. The number of amides is 1. The Hall–Kier alpha value is -2.90. The number of ether oxygens (including phenoxy) is 3. The molecular formula is C22H25NO7. The van der Waals surface area contributed by atoms with Crippen molar-refractivity contribution >= 4 is 29.5 Å². The van der Waals surface area contributed by atoms with E-state index in [1.54, 1.807) is 24.3 Å². The van der Waals surface area contributed by atoms with Crippen LogP contribution in [0.5, 0.6) is 0 Å². The van der Waals surface area contributed by atoms with Gasteiger partial charge in [0.1, 0.15) is 6.10 Å². The highest BCUT2D eigenvalue weighted by Gasteiger charge is 2.64. The van der Waals surface area contributed by atoms with Crippen LogP contribution in [0.15, 0.2) is 24.3 Å².